The highest BCUT2D eigenvalue weighted by atomic mass is 14.1. The molecule has 5 rings (SSSR count). The topological polar surface area (TPSA) is 0 Å². The zero-order chi connectivity index (χ0) is 21.6. The predicted molar refractivity (Wildman–Crippen MR) is 135 cm³/mol. The summed E-state index contributed by atoms with van der Waals surface area (Å²) in [6, 6.07) is 46.4. The van der Waals surface area contributed by atoms with Gasteiger partial charge < -0.3 is 0 Å². The molecule has 150 valence electrons. The Morgan fingerprint density at radius 3 is 1.22 bits per heavy atom. The summed E-state index contributed by atoms with van der Waals surface area (Å²) in [5.74, 6) is 6.79. The van der Waals surface area contributed by atoms with Gasteiger partial charge in [-0.15, -0.1) is 0 Å². The molecule has 0 nitrogen and oxygen atoms in total. The van der Waals surface area contributed by atoms with Crippen LogP contribution >= 0.6 is 0 Å². The van der Waals surface area contributed by atoms with Gasteiger partial charge in [0.15, 0.2) is 0 Å². The molecule has 0 heterocycles. The lowest BCUT2D eigenvalue weighted by atomic mass is 9.96. The molecular formula is C32H22. The van der Waals surface area contributed by atoms with Crippen molar-refractivity contribution in [1.82, 2.24) is 0 Å². The Labute approximate surface area is 189 Å². The summed E-state index contributed by atoms with van der Waals surface area (Å²) in [5, 5.41) is 0. The smallest absolute Gasteiger partial charge is 0.0261 e. The molecule has 0 N–H and O–H groups in total. The van der Waals surface area contributed by atoms with Gasteiger partial charge in [-0.3, -0.25) is 0 Å². The molecule has 0 spiro atoms. The summed E-state index contributed by atoms with van der Waals surface area (Å²) in [4.78, 5) is 0. The Morgan fingerprint density at radius 1 is 0.281 bits per heavy atom. The molecule has 0 fully saturated rings. The van der Waals surface area contributed by atoms with E-state index in [9.17, 15) is 0 Å². The van der Waals surface area contributed by atoms with Crippen molar-refractivity contribution in [2.24, 2.45) is 0 Å². The van der Waals surface area contributed by atoms with Crippen molar-refractivity contribution < 1.29 is 0 Å². The van der Waals surface area contributed by atoms with E-state index in [1.54, 1.807) is 0 Å². The molecule has 0 unspecified atom stereocenters. The maximum absolute atomic E-state index is 3.41. The van der Waals surface area contributed by atoms with Crippen LogP contribution in [0.3, 0.4) is 0 Å². The number of hydrogen-bond donors (Lipinski definition) is 0. The maximum Gasteiger partial charge on any atom is 0.0261 e. The summed E-state index contributed by atoms with van der Waals surface area (Å²) in [6.45, 7) is 0. The third-order valence-electron chi connectivity index (χ3n) is 5.47. The van der Waals surface area contributed by atoms with Crippen LogP contribution in [0.1, 0.15) is 11.1 Å². The fraction of sp³-hybridized carbons (Fsp3) is 0. The number of rotatable bonds is 3. The van der Waals surface area contributed by atoms with E-state index in [-0.39, 0.29) is 0 Å². The molecule has 0 amide bonds. The van der Waals surface area contributed by atoms with Gasteiger partial charge >= 0.3 is 0 Å². The average Bonchev–Trinajstić information content (AvgIpc) is 2.89. The standard InChI is InChI=1S/C32H22/c1-4-12-27(13-5-1)30-18-10-11-25(21-30)19-20-26-22-31(28-14-6-2-7-15-28)24-32(23-26)29-16-8-3-9-17-29/h1-18,21-24H. The minimum Gasteiger partial charge on any atom is -0.0622 e. The molecule has 0 aliphatic heterocycles. The summed E-state index contributed by atoms with van der Waals surface area (Å²) in [6.07, 6.45) is 0. The van der Waals surface area contributed by atoms with E-state index in [1.807, 2.05) is 18.2 Å². The lowest BCUT2D eigenvalue weighted by Crippen LogP contribution is -1.86. The van der Waals surface area contributed by atoms with E-state index in [0.717, 1.165) is 11.1 Å². The summed E-state index contributed by atoms with van der Waals surface area (Å²) in [7, 11) is 0. The first-order valence-electron chi connectivity index (χ1n) is 10.8. The van der Waals surface area contributed by atoms with Crippen LogP contribution in [0.2, 0.25) is 0 Å². The van der Waals surface area contributed by atoms with Crippen molar-refractivity contribution in [2.45, 2.75) is 0 Å². The van der Waals surface area contributed by atoms with Crippen LogP contribution in [0.5, 0.6) is 0 Å². The van der Waals surface area contributed by atoms with Gasteiger partial charge in [0.2, 0.25) is 0 Å². The van der Waals surface area contributed by atoms with Gasteiger partial charge in [-0.05, 0) is 63.7 Å². The van der Waals surface area contributed by atoms with Crippen molar-refractivity contribution in [2.75, 3.05) is 0 Å². The molecule has 0 atom stereocenters. The molecule has 32 heavy (non-hydrogen) atoms. The van der Waals surface area contributed by atoms with Gasteiger partial charge in [-0.1, -0.05) is 115 Å². The Hall–Kier alpha value is -4.34. The molecule has 0 bridgehead atoms. The molecule has 5 aromatic carbocycles. The zero-order valence-corrected chi connectivity index (χ0v) is 17.7. The van der Waals surface area contributed by atoms with Crippen molar-refractivity contribution in [3.63, 3.8) is 0 Å². The molecule has 0 aliphatic carbocycles. The summed E-state index contributed by atoms with van der Waals surface area (Å²) < 4.78 is 0. The number of hydrogen-bond acceptors (Lipinski definition) is 0. The summed E-state index contributed by atoms with van der Waals surface area (Å²) in [5.41, 5.74) is 9.14. The van der Waals surface area contributed by atoms with Crippen LogP contribution < -0.4 is 0 Å². The molecule has 0 saturated heterocycles. The van der Waals surface area contributed by atoms with Crippen LogP contribution in [0, 0.1) is 11.8 Å². The SMILES string of the molecule is C(#Cc1cc(-c2ccccc2)cc(-c2ccccc2)c1)c1cccc(-c2ccccc2)c1. The van der Waals surface area contributed by atoms with Gasteiger partial charge in [0.05, 0.1) is 0 Å². The van der Waals surface area contributed by atoms with Crippen molar-refractivity contribution in [3.05, 3.63) is 145 Å². The molecule has 5 aromatic rings. The van der Waals surface area contributed by atoms with Crippen molar-refractivity contribution in [1.29, 1.82) is 0 Å². The lowest BCUT2D eigenvalue weighted by molar-refractivity contribution is 1.56. The van der Waals surface area contributed by atoms with E-state index < -0.39 is 0 Å². The third kappa shape index (κ3) is 4.53. The van der Waals surface area contributed by atoms with Gasteiger partial charge in [0.1, 0.15) is 0 Å². The highest BCUT2D eigenvalue weighted by Gasteiger charge is 2.05. The molecule has 0 saturated carbocycles. The Balaban J connectivity index is 1.55. The largest absolute Gasteiger partial charge is 0.0622 e. The van der Waals surface area contributed by atoms with Crippen LogP contribution in [-0.4, -0.2) is 0 Å². The molecule has 0 heteroatoms. The monoisotopic (exact) mass is 406 g/mol. The Kier molecular flexibility index (Phi) is 5.64. The molecule has 0 aliphatic rings. The fourth-order valence-electron chi connectivity index (χ4n) is 3.85. The van der Waals surface area contributed by atoms with E-state index in [4.69, 9.17) is 0 Å². The molecule has 0 aromatic heterocycles. The van der Waals surface area contributed by atoms with Crippen molar-refractivity contribution in [3.8, 4) is 45.2 Å². The fourth-order valence-corrected chi connectivity index (χ4v) is 3.85. The molecule has 0 radical (unpaired) electrons. The quantitative estimate of drug-likeness (QED) is 0.266. The highest BCUT2D eigenvalue weighted by Crippen LogP contribution is 2.28. The first kappa shape index (κ1) is 19.6. The second-order valence-corrected chi connectivity index (χ2v) is 7.73. The highest BCUT2D eigenvalue weighted by molar-refractivity contribution is 5.75. The lowest BCUT2D eigenvalue weighted by Gasteiger charge is -2.08. The van der Waals surface area contributed by atoms with E-state index in [0.29, 0.717) is 0 Å². The second kappa shape index (κ2) is 9.21. The van der Waals surface area contributed by atoms with Crippen LogP contribution in [0.15, 0.2) is 133 Å². The summed E-state index contributed by atoms with van der Waals surface area (Å²) >= 11 is 0. The first-order chi connectivity index (χ1) is 15.8. The normalized spacial score (nSPS) is 10.2. The van der Waals surface area contributed by atoms with Crippen LogP contribution in [0.25, 0.3) is 33.4 Å². The number of benzene rings is 5. The van der Waals surface area contributed by atoms with E-state index in [2.05, 4.69) is 127 Å². The second-order valence-electron chi connectivity index (χ2n) is 7.73. The first-order valence-corrected chi connectivity index (χ1v) is 10.8. The minimum absolute atomic E-state index is 1.01. The predicted octanol–water partition coefficient (Wildman–Crippen LogP) is 8.09. The van der Waals surface area contributed by atoms with Gasteiger partial charge in [-0.25, -0.2) is 0 Å². The average molecular weight is 407 g/mol. The van der Waals surface area contributed by atoms with Gasteiger partial charge in [0, 0.05) is 11.1 Å². The van der Waals surface area contributed by atoms with Crippen molar-refractivity contribution >= 4 is 0 Å². The van der Waals surface area contributed by atoms with E-state index in [1.165, 1.54) is 33.4 Å². The maximum atomic E-state index is 3.41. The Bertz CT molecular complexity index is 1330. The molecular weight excluding hydrogens is 384 g/mol. The van der Waals surface area contributed by atoms with E-state index >= 15 is 0 Å². The zero-order valence-electron chi connectivity index (χ0n) is 17.7. The van der Waals surface area contributed by atoms with Gasteiger partial charge in [-0.2, -0.15) is 0 Å². The Morgan fingerprint density at radius 2 is 0.688 bits per heavy atom. The van der Waals surface area contributed by atoms with Crippen LogP contribution in [0.4, 0.5) is 0 Å². The third-order valence-corrected chi connectivity index (χ3v) is 5.47. The minimum atomic E-state index is 1.01. The van der Waals surface area contributed by atoms with Crippen LogP contribution in [-0.2, 0) is 0 Å². The van der Waals surface area contributed by atoms with Gasteiger partial charge in [0.25, 0.3) is 0 Å².